The Hall–Kier alpha value is -2.99. The van der Waals surface area contributed by atoms with E-state index in [1.165, 1.54) is 5.56 Å². The summed E-state index contributed by atoms with van der Waals surface area (Å²) in [6.45, 7) is 3.96. The van der Waals surface area contributed by atoms with Crippen molar-refractivity contribution in [2.75, 3.05) is 0 Å². The molecule has 7 heteroatoms. The molecule has 4 rings (SSSR count). The molecule has 0 radical (unpaired) electrons. The Morgan fingerprint density at radius 2 is 1.68 bits per heavy atom. The maximum absolute atomic E-state index is 5.91. The fourth-order valence-electron chi connectivity index (χ4n) is 2.49. The van der Waals surface area contributed by atoms with Gasteiger partial charge >= 0.3 is 0 Å². The van der Waals surface area contributed by atoms with Crippen LogP contribution in [0.4, 0.5) is 0 Å². The van der Waals surface area contributed by atoms with Gasteiger partial charge in [-0.3, -0.25) is 0 Å². The number of rotatable bonds is 3. The molecular weight excluding hydrogens is 338 g/mol. The Morgan fingerprint density at radius 1 is 0.960 bits per heavy atom. The molecule has 4 aromatic rings. The first-order chi connectivity index (χ1) is 12.1. The summed E-state index contributed by atoms with van der Waals surface area (Å²) in [7, 11) is 0. The van der Waals surface area contributed by atoms with E-state index in [1.807, 2.05) is 50.2 Å². The van der Waals surface area contributed by atoms with Crippen LogP contribution in [-0.2, 0) is 0 Å². The second-order valence-corrected chi connectivity index (χ2v) is 6.14. The van der Waals surface area contributed by atoms with Gasteiger partial charge in [-0.2, -0.15) is 4.98 Å². The molecule has 0 unspecified atom stereocenters. The van der Waals surface area contributed by atoms with Gasteiger partial charge in [0.1, 0.15) is 0 Å². The molecule has 2 aromatic heterocycles. The van der Waals surface area contributed by atoms with Crippen LogP contribution in [0, 0.1) is 13.8 Å². The van der Waals surface area contributed by atoms with Crippen molar-refractivity contribution < 1.29 is 4.52 Å². The van der Waals surface area contributed by atoms with Gasteiger partial charge in [0.15, 0.2) is 5.69 Å². The molecule has 0 fully saturated rings. The lowest BCUT2D eigenvalue weighted by molar-refractivity contribution is 0.430. The molecule has 0 amide bonds. The molecule has 0 atom stereocenters. The molecule has 0 aliphatic rings. The molecule has 0 spiro atoms. The van der Waals surface area contributed by atoms with Crippen molar-refractivity contribution in [2.45, 2.75) is 13.8 Å². The first-order valence-electron chi connectivity index (χ1n) is 7.71. The van der Waals surface area contributed by atoms with Gasteiger partial charge in [-0.25, -0.2) is 4.68 Å². The third-order valence-corrected chi connectivity index (χ3v) is 4.16. The normalized spacial score (nSPS) is 11.0. The second-order valence-electron chi connectivity index (χ2n) is 5.70. The van der Waals surface area contributed by atoms with Crippen molar-refractivity contribution in [2.24, 2.45) is 0 Å². The Kier molecular flexibility index (Phi) is 3.82. The molecule has 124 valence electrons. The number of hydrogen-bond acceptors (Lipinski definition) is 5. The summed E-state index contributed by atoms with van der Waals surface area (Å²) in [6.07, 6.45) is 0. The molecule has 2 heterocycles. The Morgan fingerprint density at radius 3 is 2.40 bits per heavy atom. The van der Waals surface area contributed by atoms with E-state index in [0.717, 1.165) is 16.9 Å². The average Bonchev–Trinajstić information content (AvgIpc) is 3.23. The summed E-state index contributed by atoms with van der Waals surface area (Å²) in [4.78, 5) is 4.43. The van der Waals surface area contributed by atoms with E-state index in [9.17, 15) is 0 Å². The van der Waals surface area contributed by atoms with E-state index in [4.69, 9.17) is 16.1 Å². The molecule has 0 bridgehead atoms. The standard InChI is InChI=1S/C18H14ClN5O/c1-11-3-9-15(10-4-11)24-12(2)16(21-23-24)18-20-17(22-25-18)13-5-7-14(19)8-6-13/h3-10H,1-2H3. The minimum atomic E-state index is 0.334. The Labute approximate surface area is 149 Å². The highest BCUT2D eigenvalue weighted by atomic mass is 35.5. The van der Waals surface area contributed by atoms with Gasteiger partial charge in [-0.1, -0.05) is 39.7 Å². The van der Waals surface area contributed by atoms with Gasteiger partial charge in [-0.15, -0.1) is 5.10 Å². The van der Waals surface area contributed by atoms with Gasteiger partial charge in [0, 0.05) is 10.6 Å². The Bertz CT molecular complexity index is 1020. The van der Waals surface area contributed by atoms with Crippen LogP contribution in [0.25, 0.3) is 28.7 Å². The zero-order chi connectivity index (χ0) is 17.4. The minimum Gasteiger partial charge on any atom is -0.332 e. The van der Waals surface area contributed by atoms with Crippen LogP contribution in [0.2, 0.25) is 5.02 Å². The van der Waals surface area contributed by atoms with Crippen molar-refractivity contribution in [1.82, 2.24) is 25.1 Å². The predicted octanol–water partition coefficient (Wildman–Crippen LogP) is 4.25. The smallest absolute Gasteiger partial charge is 0.280 e. The monoisotopic (exact) mass is 351 g/mol. The van der Waals surface area contributed by atoms with Gasteiger partial charge < -0.3 is 4.52 Å². The number of benzene rings is 2. The first kappa shape index (κ1) is 15.5. The minimum absolute atomic E-state index is 0.334. The lowest BCUT2D eigenvalue weighted by atomic mass is 10.2. The van der Waals surface area contributed by atoms with Crippen LogP contribution < -0.4 is 0 Å². The van der Waals surface area contributed by atoms with Crippen LogP contribution >= 0.6 is 11.6 Å². The number of hydrogen-bond donors (Lipinski definition) is 0. The third-order valence-electron chi connectivity index (χ3n) is 3.90. The SMILES string of the molecule is Cc1ccc(-n2nnc(-c3nc(-c4ccc(Cl)cc4)no3)c2C)cc1. The van der Waals surface area contributed by atoms with Crippen LogP contribution in [0.15, 0.2) is 53.1 Å². The van der Waals surface area contributed by atoms with Crippen molar-refractivity contribution in [3.8, 4) is 28.7 Å². The second kappa shape index (κ2) is 6.14. The van der Waals surface area contributed by atoms with E-state index >= 15 is 0 Å². The van der Waals surface area contributed by atoms with Gasteiger partial charge in [0.05, 0.1) is 11.4 Å². The highest BCUT2D eigenvalue weighted by molar-refractivity contribution is 6.30. The quantitative estimate of drug-likeness (QED) is 0.551. The molecular formula is C18H14ClN5O. The number of nitrogens with zero attached hydrogens (tertiary/aromatic N) is 5. The topological polar surface area (TPSA) is 69.6 Å². The van der Waals surface area contributed by atoms with Gasteiger partial charge in [0.2, 0.25) is 5.82 Å². The molecule has 6 nitrogen and oxygen atoms in total. The summed E-state index contributed by atoms with van der Waals surface area (Å²) in [5, 5.41) is 13.1. The highest BCUT2D eigenvalue weighted by Crippen LogP contribution is 2.25. The summed E-state index contributed by atoms with van der Waals surface area (Å²) < 4.78 is 7.13. The predicted molar refractivity (Wildman–Crippen MR) is 94.6 cm³/mol. The first-order valence-corrected chi connectivity index (χ1v) is 8.09. The van der Waals surface area contributed by atoms with Crippen LogP contribution in [0.5, 0.6) is 0 Å². The zero-order valence-electron chi connectivity index (χ0n) is 13.6. The van der Waals surface area contributed by atoms with Crippen LogP contribution in [0.3, 0.4) is 0 Å². The van der Waals surface area contributed by atoms with E-state index in [1.54, 1.807) is 16.8 Å². The lowest BCUT2D eigenvalue weighted by Gasteiger charge is -2.03. The molecule has 0 saturated carbocycles. The summed E-state index contributed by atoms with van der Waals surface area (Å²) in [5.74, 6) is 0.816. The average molecular weight is 352 g/mol. The summed E-state index contributed by atoms with van der Waals surface area (Å²) >= 11 is 5.91. The maximum atomic E-state index is 5.91. The number of aromatic nitrogens is 5. The fourth-order valence-corrected chi connectivity index (χ4v) is 2.62. The van der Waals surface area contributed by atoms with Crippen molar-refractivity contribution in [3.05, 3.63) is 64.8 Å². The molecule has 0 aliphatic carbocycles. The van der Waals surface area contributed by atoms with E-state index in [-0.39, 0.29) is 0 Å². The zero-order valence-corrected chi connectivity index (χ0v) is 14.4. The number of halogens is 1. The molecule has 0 saturated heterocycles. The summed E-state index contributed by atoms with van der Waals surface area (Å²) in [5.41, 5.74) is 4.33. The van der Waals surface area contributed by atoms with Crippen molar-refractivity contribution >= 4 is 11.6 Å². The van der Waals surface area contributed by atoms with Crippen molar-refractivity contribution in [1.29, 1.82) is 0 Å². The van der Waals surface area contributed by atoms with E-state index in [2.05, 4.69) is 20.5 Å². The largest absolute Gasteiger partial charge is 0.332 e. The molecule has 2 aromatic carbocycles. The highest BCUT2D eigenvalue weighted by Gasteiger charge is 2.18. The van der Waals surface area contributed by atoms with Crippen LogP contribution in [0.1, 0.15) is 11.3 Å². The molecule has 25 heavy (non-hydrogen) atoms. The third kappa shape index (κ3) is 2.92. The van der Waals surface area contributed by atoms with E-state index in [0.29, 0.717) is 22.4 Å². The van der Waals surface area contributed by atoms with Crippen molar-refractivity contribution in [3.63, 3.8) is 0 Å². The molecule has 0 aliphatic heterocycles. The fraction of sp³-hybridized carbons (Fsp3) is 0.111. The van der Waals surface area contributed by atoms with Gasteiger partial charge in [-0.05, 0) is 50.2 Å². The number of aryl methyl sites for hydroxylation is 1. The van der Waals surface area contributed by atoms with Gasteiger partial charge in [0.25, 0.3) is 5.89 Å². The van der Waals surface area contributed by atoms with E-state index < -0.39 is 0 Å². The van der Waals surface area contributed by atoms with Crippen LogP contribution in [-0.4, -0.2) is 25.1 Å². The lowest BCUT2D eigenvalue weighted by Crippen LogP contribution is -1.98. The molecule has 0 N–H and O–H groups in total. The Balaban J connectivity index is 1.69. The summed E-state index contributed by atoms with van der Waals surface area (Å²) in [6, 6.07) is 15.3. The maximum Gasteiger partial charge on any atom is 0.280 e.